The van der Waals surface area contributed by atoms with Crippen LogP contribution in [0.5, 0.6) is 0 Å². The van der Waals surface area contributed by atoms with E-state index in [1.165, 1.54) is 0 Å². The molecular formula is C12H16ClNO2. The van der Waals surface area contributed by atoms with E-state index in [-0.39, 0.29) is 0 Å². The Kier molecular flexibility index (Phi) is 4.62. The standard InChI is InChI=1S/C12H16ClNO2/c1-4-5-16-12(15)14-11-9(3)6-8(2)7-10(11)13/h6-7H,4-5H2,1-3H3,(H,14,15). The van der Waals surface area contributed by atoms with Gasteiger partial charge in [-0.2, -0.15) is 0 Å². The Bertz CT molecular complexity index is 368. The minimum absolute atomic E-state index is 0.411. The minimum Gasteiger partial charge on any atom is -0.449 e. The average Bonchev–Trinajstić information content (AvgIpc) is 2.20. The third-order valence-electron chi connectivity index (χ3n) is 2.10. The Morgan fingerprint density at radius 1 is 1.44 bits per heavy atom. The first-order valence-corrected chi connectivity index (χ1v) is 5.63. The van der Waals surface area contributed by atoms with Gasteiger partial charge in [-0.1, -0.05) is 24.6 Å². The van der Waals surface area contributed by atoms with Crippen molar-refractivity contribution in [2.45, 2.75) is 27.2 Å². The highest BCUT2D eigenvalue weighted by Gasteiger charge is 2.09. The van der Waals surface area contributed by atoms with E-state index in [0.717, 1.165) is 17.5 Å². The molecule has 1 N–H and O–H groups in total. The van der Waals surface area contributed by atoms with Crippen molar-refractivity contribution < 1.29 is 9.53 Å². The zero-order valence-corrected chi connectivity index (χ0v) is 10.5. The molecule has 16 heavy (non-hydrogen) atoms. The molecule has 0 unspecified atom stereocenters. The molecular weight excluding hydrogens is 226 g/mol. The summed E-state index contributed by atoms with van der Waals surface area (Å²) < 4.78 is 4.93. The number of hydrogen-bond acceptors (Lipinski definition) is 2. The highest BCUT2D eigenvalue weighted by atomic mass is 35.5. The van der Waals surface area contributed by atoms with Crippen LogP contribution in [0.2, 0.25) is 5.02 Å². The van der Waals surface area contributed by atoms with Crippen molar-refractivity contribution in [1.29, 1.82) is 0 Å². The first-order valence-electron chi connectivity index (χ1n) is 5.25. The van der Waals surface area contributed by atoms with Gasteiger partial charge in [0.2, 0.25) is 0 Å². The van der Waals surface area contributed by atoms with Crippen LogP contribution in [0.15, 0.2) is 12.1 Å². The number of ether oxygens (including phenoxy) is 1. The quantitative estimate of drug-likeness (QED) is 0.871. The van der Waals surface area contributed by atoms with Crippen LogP contribution in [0.25, 0.3) is 0 Å². The molecule has 0 radical (unpaired) electrons. The molecule has 0 saturated carbocycles. The molecule has 0 bridgehead atoms. The lowest BCUT2D eigenvalue weighted by atomic mass is 10.1. The topological polar surface area (TPSA) is 38.3 Å². The third kappa shape index (κ3) is 3.42. The molecule has 3 nitrogen and oxygen atoms in total. The van der Waals surface area contributed by atoms with Crippen molar-refractivity contribution in [3.63, 3.8) is 0 Å². The number of aryl methyl sites for hydroxylation is 2. The predicted molar refractivity (Wildman–Crippen MR) is 66.2 cm³/mol. The summed E-state index contributed by atoms with van der Waals surface area (Å²) in [6, 6.07) is 3.77. The molecule has 0 aliphatic rings. The van der Waals surface area contributed by atoms with E-state index in [1.54, 1.807) is 0 Å². The molecule has 0 aliphatic heterocycles. The van der Waals surface area contributed by atoms with Gasteiger partial charge in [-0.3, -0.25) is 5.32 Å². The summed E-state index contributed by atoms with van der Waals surface area (Å²) >= 11 is 6.04. The molecule has 0 spiro atoms. The van der Waals surface area contributed by atoms with Crippen LogP contribution in [-0.4, -0.2) is 12.7 Å². The number of benzene rings is 1. The molecule has 1 aromatic carbocycles. The van der Waals surface area contributed by atoms with Gasteiger partial charge in [0.1, 0.15) is 0 Å². The fourth-order valence-electron chi connectivity index (χ4n) is 1.41. The maximum absolute atomic E-state index is 11.4. The van der Waals surface area contributed by atoms with Crippen LogP contribution in [0, 0.1) is 13.8 Å². The molecule has 0 saturated heterocycles. The van der Waals surface area contributed by atoms with Gasteiger partial charge < -0.3 is 4.74 Å². The van der Waals surface area contributed by atoms with Crippen LogP contribution in [-0.2, 0) is 4.74 Å². The van der Waals surface area contributed by atoms with Crippen molar-refractivity contribution in [1.82, 2.24) is 0 Å². The molecule has 1 amide bonds. The van der Waals surface area contributed by atoms with Crippen molar-refractivity contribution in [3.05, 3.63) is 28.3 Å². The second-order valence-electron chi connectivity index (χ2n) is 3.70. The van der Waals surface area contributed by atoms with Crippen LogP contribution >= 0.6 is 11.6 Å². The number of anilines is 1. The SMILES string of the molecule is CCCOC(=O)Nc1c(C)cc(C)cc1Cl. The number of carbonyl (C=O) groups is 1. The van der Waals surface area contributed by atoms with Crippen molar-refractivity contribution in [2.75, 3.05) is 11.9 Å². The number of carbonyl (C=O) groups excluding carboxylic acids is 1. The van der Waals surface area contributed by atoms with Gasteiger partial charge in [0.25, 0.3) is 0 Å². The maximum atomic E-state index is 11.4. The fraction of sp³-hybridized carbons (Fsp3) is 0.417. The number of hydrogen-bond donors (Lipinski definition) is 1. The van der Waals surface area contributed by atoms with Crippen molar-refractivity contribution in [2.24, 2.45) is 0 Å². The smallest absolute Gasteiger partial charge is 0.411 e. The van der Waals surface area contributed by atoms with Gasteiger partial charge in [0.15, 0.2) is 0 Å². The lowest BCUT2D eigenvalue weighted by Crippen LogP contribution is -2.15. The third-order valence-corrected chi connectivity index (χ3v) is 2.39. The van der Waals surface area contributed by atoms with Crippen LogP contribution < -0.4 is 5.32 Å². The van der Waals surface area contributed by atoms with Gasteiger partial charge in [-0.25, -0.2) is 4.79 Å². The molecule has 0 fully saturated rings. The summed E-state index contributed by atoms with van der Waals surface area (Å²) in [4.78, 5) is 11.4. The number of nitrogens with one attached hydrogen (secondary N) is 1. The normalized spacial score (nSPS) is 10.0. The molecule has 0 aromatic heterocycles. The van der Waals surface area contributed by atoms with Crippen LogP contribution in [0.4, 0.5) is 10.5 Å². The van der Waals surface area contributed by atoms with Gasteiger partial charge in [-0.05, 0) is 37.5 Å². The zero-order chi connectivity index (χ0) is 12.1. The summed E-state index contributed by atoms with van der Waals surface area (Å²) in [6.45, 7) is 6.21. The van der Waals surface area contributed by atoms with Gasteiger partial charge in [-0.15, -0.1) is 0 Å². The molecule has 0 aliphatic carbocycles. The Morgan fingerprint density at radius 2 is 2.12 bits per heavy atom. The number of amides is 1. The summed E-state index contributed by atoms with van der Waals surface area (Å²) in [5, 5.41) is 3.18. The molecule has 1 aromatic rings. The van der Waals surface area contributed by atoms with E-state index in [0.29, 0.717) is 17.3 Å². The monoisotopic (exact) mass is 241 g/mol. The van der Waals surface area contributed by atoms with E-state index in [9.17, 15) is 4.79 Å². The van der Waals surface area contributed by atoms with Crippen molar-refractivity contribution >= 4 is 23.4 Å². The second-order valence-corrected chi connectivity index (χ2v) is 4.11. The second kappa shape index (κ2) is 5.75. The summed E-state index contributed by atoms with van der Waals surface area (Å²) in [5.41, 5.74) is 2.61. The lowest BCUT2D eigenvalue weighted by Gasteiger charge is -2.11. The van der Waals surface area contributed by atoms with E-state index in [4.69, 9.17) is 16.3 Å². The highest BCUT2D eigenvalue weighted by molar-refractivity contribution is 6.33. The molecule has 1 rings (SSSR count). The Balaban J connectivity index is 2.77. The van der Waals surface area contributed by atoms with E-state index >= 15 is 0 Å². The van der Waals surface area contributed by atoms with Gasteiger partial charge >= 0.3 is 6.09 Å². The van der Waals surface area contributed by atoms with Crippen molar-refractivity contribution in [3.8, 4) is 0 Å². The van der Waals surface area contributed by atoms with E-state index in [1.807, 2.05) is 32.9 Å². The Labute approximate surface area is 101 Å². The zero-order valence-electron chi connectivity index (χ0n) is 9.76. The lowest BCUT2D eigenvalue weighted by molar-refractivity contribution is 0.161. The number of rotatable bonds is 3. The molecule has 4 heteroatoms. The first kappa shape index (κ1) is 12.8. The Morgan fingerprint density at radius 3 is 2.69 bits per heavy atom. The molecule has 0 atom stereocenters. The average molecular weight is 242 g/mol. The largest absolute Gasteiger partial charge is 0.449 e. The fourth-order valence-corrected chi connectivity index (χ4v) is 1.78. The van der Waals surface area contributed by atoms with Crippen LogP contribution in [0.3, 0.4) is 0 Å². The predicted octanol–water partition coefficient (Wildman–Crippen LogP) is 3.92. The maximum Gasteiger partial charge on any atom is 0.411 e. The summed E-state index contributed by atoms with van der Waals surface area (Å²) in [7, 11) is 0. The van der Waals surface area contributed by atoms with Gasteiger partial charge in [0.05, 0.1) is 17.3 Å². The molecule has 0 heterocycles. The molecule has 88 valence electrons. The highest BCUT2D eigenvalue weighted by Crippen LogP contribution is 2.27. The van der Waals surface area contributed by atoms with E-state index in [2.05, 4.69) is 5.32 Å². The van der Waals surface area contributed by atoms with Gasteiger partial charge in [0, 0.05) is 0 Å². The van der Waals surface area contributed by atoms with E-state index < -0.39 is 6.09 Å². The summed E-state index contributed by atoms with van der Waals surface area (Å²) in [6.07, 6.45) is 0.337. The summed E-state index contributed by atoms with van der Waals surface area (Å²) in [5.74, 6) is 0. The first-order chi connectivity index (χ1) is 7.54. The number of halogens is 1. The van der Waals surface area contributed by atoms with Crippen LogP contribution in [0.1, 0.15) is 24.5 Å². The Hall–Kier alpha value is -1.22. The minimum atomic E-state index is -0.462.